The maximum absolute atomic E-state index is 15.2. The van der Waals surface area contributed by atoms with Gasteiger partial charge in [-0.1, -0.05) is 98.3 Å². The van der Waals surface area contributed by atoms with Crippen LogP contribution in [-0.4, -0.2) is 152 Å². The van der Waals surface area contributed by atoms with Gasteiger partial charge in [-0.15, -0.1) is 0 Å². The van der Waals surface area contributed by atoms with Gasteiger partial charge in [-0.3, -0.25) is 28.8 Å². The average molecular weight is 1030 g/mol. The van der Waals surface area contributed by atoms with Crippen LogP contribution in [0.2, 0.25) is 0 Å². The van der Waals surface area contributed by atoms with Gasteiger partial charge in [-0.25, -0.2) is 9.97 Å². The van der Waals surface area contributed by atoms with Crippen molar-refractivity contribution in [3.05, 3.63) is 109 Å². The zero-order chi connectivity index (χ0) is 53.2. The predicted octanol–water partition coefficient (Wildman–Crippen LogP) is 5.60. The Morgan fingerprint density at radius 2 is 1.11 bits per heavy atom. The smallest absolute Gasteiger partial charge is 0.247 e. The molecular weight excluding hydrogens is 961 g/mol. The molecule has 6 amide bonds. The fraction of sp³-hybridized carbons (Fsp3) is 0.448. The summed E-state index contributed by atoms with van der Waals surface area (Å²) in [6, 6.07) is 27.2. The van der Waals surface area contributed by atoms with E-state index >= 15 is 19.2 Å². The first-order chi connectivity index (χ1) is 36.9. The Labute approximate surface area is 443 Å². The Hall–Kier alpha value is -7.44. The number of hydrogen-bond donors (Lipinski definition) is 6. The second-order valence-electron chi connectivity index (χ2n) is 21.0. The Balaban J connectivity index is 0.911. The van der Waals surface area contributed by atoms with Crippen LogP contribution in [0.15, 0.2) is 97.1 Å². The van der Waals surface area contributed by atoms with Crippen LogP contribution in [0, 0.1) is 5.92 Å². The summed E-state index contributed by atoms with van der Waals surface area (Å²) in [5, 5.41) is 11.9. The van der Waals surface area contributed by atoms with Gasteiger partial charge in [-0.2, -0.15) is 0 Å². The van der Waals surface area contributed by atoms with E-state index in [2.05, 4.69) is 43.4 Å². The number of nitrogens with one attached hydrogen (secondary N) is 6. The van der Waals surface area contributed by atoms with Gasteiger partial charge in [0.2, 0.25) is 35.4 Å². The number of imidazole rings is 2. The van der Waals surface area contributed by atoms with Gasteiger partial charge in [-0.05, 0) is 96.1 Å². The Morgan fingerprint density at radius 3 is 1.63 bits per heavy atom. The number of fused-ring (bicyclic) bond motifs is 4. The fourth-order valence-electron chi connectivity index (χ4n) is 12.0. The van der Waals surface area contributed by atoms with Crippen molar-refractivity contribution in [2.75, 3.05) is 40.3 Å². The minimum absolute atomic E-state index is 0.145. The molecule has 0 radical (unpaired) electrons. The van der Waals surface area contributed by atoms with E-state index in [-0.39, 0.29) is 56.5 Å². The number of para-hydroxylation sites is 2. The topological polar surface area (TPSA) is 221 Å². The summed E-state index contributed by atoms with van der Waals surface area (Å²) in [5.41, 5.74) is 7.36. The maximum Gasteiger partial charge on any atom is 0.247 e. The van der Waals surface area contributed by atoms with Crippen molar-refractivity contribution in [3.8, 4) is 22.3 Å². The third-order valence-corrected chi connectivity index (χ3v) is 16.3. The molecule has 2 aromatic heterocycles. The summed E-state index contributed by atoms with van der Waals surface area (Å²) in [5.74, 6) is -2.13. The number of H-pyrrole nitrogens is 2. The normalized spacial score (nSPS) is 22.9. The molecule has 6 aromatic rings. The molecule has 0 aliphatic carbocycles. The number of hydrogen-bond acceptors (Lipinski definition) is 10. The van der Waals surface area contributed by atoms with Crippen LogP contribution < -0.4 is 21.3 Å². The van der Waals surface area contributed by atoms with Crippen molar-refractivity contribution in [1.29, 1.82) is 0 Å². The number of likely N-dealkylation sites (N-methyl/N-ethyl adjacent to an activating group) is 2. The Kier molecular flexibility index (Phi) is 15.3. The molecule has 6 N–H and O–H groups in total. The lowest BCUT2D eigenvalue weighted by molar-refractivity contribution is -0.152. The molecule has 6 heterocycles. The van der Waals surface area contributed by atoms with E-state index in [1.54, 1.807) is 37.7 Å². The van der Waals surface area contributed by atoms with Crippen molar-refractivity contribution in [2.45, 2.75) is 120 Å². The molecule has 18 nitrogen and oxygen atoms in total. The second-order valence-corrected chi connectivity index (χ2v) is 21.0. The number of benzene rings is 4. The van der Waals surface area contributed by atoms with Crippen molar-refractivity contribution < 1.29 is 28.8 Å². The molecule has 4 saturated heterocycles. The molecule has 4 aromatic carbocycles. The highest BCUT2D eigenvalue weighted by Gasteiger charge is 2.48. The SMILES string of the molecule is CCCC(C(=O)N1CC[C@H]2CC[C@@H](c3nc4c(-c5ccccc5)cccc4[nH]3)N2C(=O)[C@@H](NC(=O)[C@H](C)NC)C1)C(=O)N1CC[C@H]2CC[C@@H](c3nc4cccc(-c5ccccc5)c4[nH]3)N2C(=O)[C@@H](NC(=O)[C@H](C)NC)C1. The monoisotopic (exact) mass is 1030 g/mol. The maximum atomic E-state index is 15.2. The Morgan fingerprint density at radius 1 is 0.605 bits per heavy atom. The predicted molar refractivity (Wildman–Crippen MR) is 290 cm³/mol. The number of nitrogens with zero attached hydrogens (tertiary/aromatic N) is 6. The highest BCUT2D eigenvalue weighted by atomic mass is 16.2. The van der Waals surface area contributed by atoms with Gasteiger partial charge >= 0.3 is 0 Å². The fourth-order valence-corrected chi connectivity index (χ4v) is 12.0. The van der Waals surface area contributed by atoms with Crippen LogP contribution in [0.3, 0.4) is 0 Å². The van der Waals surface area contributed by atoms with Gasteiger partial charge in [0, 0.05) is 49.4 Å². The molecule has 398 valence electrons. The average Bonchev–Trinajstić information content (AvgIpc) is 4.30. The van der Waals surface area contributed by atoms with E-state index in [1.807, 2.05) is 102 Å². The molecule has 4 aliphatic rings. The molecule has 4 aliphatic heterocycles. The van der Waals surface area contributed by atoms with Crippen LogP contribution in [0.25, 0.3) is 44.3 Å². The molecule has 1 unspecified atom stereocenters. The van der Waals surface area contributed by atoms with Gasteiger partial charge in [0.25, 0.3) is 0 Å². The molecule has 10 rings (SSSR count). The van der Waals surface area contributed by atoms with Crippen LogP contribution in [0.5, 0.6) is 0 Å². The van der Waals surface area contributed by atoms with E-state index < -0.39 is 65.8 Å². The third kappa shape index (κ3) is 10.2. The number of aromatic amines is 2. The second kappa shape index (κ2) is 22.4. The zero-order valence-corrected chi connectivity index (χ0v) is 44.1. The van der Waals surface area contributed by atoms with E-state index in [9.17, 15) is 9.59 Å². The van der Waals surface area contributed by atoms with Crippen LogP contribution in [0.4, 0.5) is 0 Å². The van der Waals surface area contributed by atoms with E-state index in [0.717, 1.165) is 44.3 Å². The first-order valence-electron chi connectivity index (χ1n) is 27.1. The van der Waals surface area contributed by atoms with Gasteiger partial charge in [0.1, 0.15) is 29.7 Å². The first kappa shape index (κ1) is 52.0. The molecule has 0 spiro atoms. The number of aromatic nitrogens is 4. The molecule has 0 bridgehead atoms. The lowest BCUT2D eigenvalue weighted by atomic mass is 9.97. The lowest BCUT2D eigenvalue weighted by Gasteiger charge is -2.41. The summed E-state index contributed by atoms with van der Waals surface area (Å²) < 4.78 is 0. The van der Waals surface area contributed by atoms with E-state index in [1.165, 1.54) is 0 Å². The lowest BCUT2D eigenvalue weighted by Crippen LogP contribution is -2.62. The molecule has 4 fully saturated rings. The first-order valence-corrected chi connectivity index (χ1v) is 27.1. The molecule has 18 heteroatoms. The quantitative estimate of drug-likeness (QED) is 0.0742. The summed E-state index contributed by atoms with van der Waals surface area (Å²) in [4.78, 5) is 112. The molecule has 9 atom stereocenters. The van der Waals surface area contributed by atoms with Gasteiger partial charge < -0.3 is 50.8 Å². The minimum Gasteiger partial charge on any atom is -0.341 e. The highest BCUT2D eigenvalue weighted by molar-refractivity contribution is 6.01. The van der Waals surface area contributed by atoms with Crippen molar-refractivity contribution in [2.24, 2.45) is 5.92 Å². The number of amides is 6. The minimum atomic E-state index is -1.14. The van der Waals surface area contributed by atoms with Crippen molar-refractivity contribution in [1.82, 2.24) is 60.8 Å². The number of carbonyl (C=O) groups excluding carboxylic acids is 6. The van der Waals surface area contributed by atoms with E-state index in [4.69, 9.17) is 9.97 Å². The summed E-state index contributed by atoms with van der Waals surface area (Å²) >= 11 is 0. The molecule has 0 saturated carbocycles. The largest absolute Gasteiger partial charge is 0.341 e. The number of carbonyl (C=O) groups is 6. The Bertz CT molecular complexity index is 2900. The van der Waals surface area contributed by atoms with Crippen molar-refractivity contribution >= 4 is 57.5 Å². The third-order valence-electron chi connectivity index (χ3n) is 16.3. The van der Waals surface area contributed by atoms with Crippen LogP contribution in [-0.2, 0) is 28.8 Å². The van der Waals surface area contributed by atoms with Crippen molar-refractivity contribution in [3.63, 3.8) is 0 Å². The zero-order valence-electron chi connectivity index (χ0n) is 44.1. The van der Waals surface area contributed by atoms with E-state index in [0.29, 0.717) is 56.6 Å². The van der Waals surface area contributed by atoms with Crippen LogP contribution >= 0.6 is 0 Å². The molecular formula is C58H70N12O6. The molecule has 76 heavy (non-hydrogen) atoms. The van der Waals surface area contributed by atoms with Gasteiger partial charge in [0.05, 0.1) is 46.2 Å². The summed E-state index contributed by atoms with van der Waals surface area (Å²) in [6.07, 6.45) is 4.19. The van der Waals surface area contributed by atoms with Gasteiger partial charge in [0.15, 0.2) is 0 Å². The summed E-state index contributed by atoms with van der Waals surface area (Å²) in [6.45, 7) is 5.52. The standard InChI is InChI=1S/C58H70N12O6/c1-6-15-42(55(73)67-30-28-38-24-26-47(69(38)57(75)45(32-67)63-53(71)34(2)59-4)51-61-43-22-13-20-40(49(43)65-51)36-16-9-7-10-17-36)56(74)68-31-29-39-25-27-48(70(39)58(76)46(33-68)64-54(72)35(3)60-5)52-62-44-23-14-21-41(50(44)66-52)37-18-11-8-12-19-37/h7-14,16-23,34-35,38-39,42,45-48,59-60H,6,15,24-33H2,1-5H3,(H,61,65)(H,62,66)(H,63,71)(H,64,72)/t34-,35-,38+,39+,45-,46-,47-,48-/m0/s1. The number of rotatable bonds is 14. The highest BCUT2D eigenvalue weighted by Crippen LogP contribution is 2.42. The summed E-state index contributed by atoms with van der Waals surface area (Å²) in [7, 11) is 3.33. The van der Waals surface area contributed by atoms with Crippen LogP contribution in [0.1, 0.15) is 95.9 Å².